The van der Waals surface area contributed by atoms with Crippen LogP contribution in [-0.4, -0.2) is 50.0 Å². The van der Waals surface area contributed by atoms with Crippen molar-refractivity contribution < 1.29 is 19.5 Å². The molecule has 1 saturated heterocycles. The fraction of sp³-hybridized carbons (Fsp3) is 0.292. The highest BCUT2D eigenvalue weighted by atomic mass is 16.4. The Morgan fingerprint density at radius 2 is 1.84 bits per heavy atom. The lowest BCUT2D eigenvalue weighted by Crippen LogP contribution is -2.40. The standard InChI is InChI=1S/C24H23N3O4/c1-15-6-8-16(9-7-15)13-26-19-5-3-2-4-17(19)18-12-20-23(30)25(11-10-22(28)29)24(31)27(20)14-21(18)26/h2-9,20H,10-14H2,1H3,(H,28,29)/t20-/m0/s1. The van der Waals surface area contributed by atoms with Crippen LogP contribution < -0.4 is 0 Å². The topological polar surface area (TPSA) is 82.9 Å². The van der Waals surface area contributed by atoms with Crippen molar-refractivity contribution in [3.8, 4) is 0 Å². The maximum Gasteiger partial charge on any atom is 0.327 e. The van der Waals surface area contributed by atoms with Gasteiger partial charge in [0, 0.05) is 36.1 Å². The van der Waals surface area contributed by atoms with Crippen LogP contribution in [0.1, 0.15) is 28.8 Å². The van der Waals surface area contributed by atoms with Crippen LogP contribution in [0.4, 0.5) is 4.79 Å². The maximum atomic E-state index is 12.9. The first-order valence-electron chi connectivity index (χ1n) is 10.4. The average molecular weight is 417 g/mol. The molecule has 1 N–H and O–H groups in total. The number of aryl methyl sites for hydroxylation is 1. The molecule has 1 fully saturated rings. The lowest BCUT2D eigenvalue weighted by atomic mass is 9.97. The first kappa shape index (κ1) is 19.4. The van der Waals surface area contributed by atoms with Gasteiger partial charge in [0.05, 0.1) is 13.0 Å². The first-order chi connectivity index (χ1) is 14.9. The number of imide groups is 1. The van der Waals surface area contributed by atoms with Crippen molar-refractivity contribution >= 4 is 28.8 Å². The number of hydrogen-bond donors (Lipinski definition) is 1. The van der Waals surface area contributed by atoms with Gasteiger partial charge in [-0.15, -0.1) is 0 Å². The zero-order chi connectivity index (χ0) is 21.7. The van der Waals surface area contributed by atoms with Gasteiger partial charge in [-0.25, -0.2) is 4.79 Å². The molecule has 158 valence electrons. The summed E-state index contributed by atoms with van der Waals surface area (Å²) in [4.78, 5) is 39.5. The molecule has 31 heavy (non-hydrogen) atoms. The normalized spacial score (nSPS) is 17.9. The number of urea groups is 1. The molecule has 2 aromatic carbocycles. The Labute approximate surface area is 179 Å². The number of carboxylic acids is 1. The number of rotatable bonds is 5. The molecule has 0 bridgehead atoms. The van der Waals surface area contributed by atoms with Gasteiger partial charge in [-0.2, -0.15) is 0 Å². The van der Waals surface area contributed by atoms with E-state index in [1.54, 1.807) is 4.90 Å². The van der Waals surface area contributed by atoms with Crippen LogP contribution in [0.2, 0.25) is 0 Å². The first-order valence-corrected chi connectivity index (χ1v) is 10.4. The zero-order valence-corrected chi connectivity index (χ0v) is 17.2. The summed E-state index contributed by atoms with van der Waals surface area (Å²) in [6.45, 7) is 2.99. The highest BCUT2D eigenvalue weighted by Crippen LogP contribution is 2.36. The van der Waals surface area contributed by atoms with Crippen molar-refractivity contribution in [1.29, 1.82) is 0 Å². The predicted molar refractivity (Wildman–Crippen MR) is 115 cm³/mol. The van der Waals surface area contributed by atoms with Crippen LogP contribution in [0.3, 0.4) is 0 Å². The third kappa shape index (κ3) is 3.17. The number of nitrogens with zero attached hydrogens (tertiary/aromatic N) is 3. The second-order valence-electron chi connectivity index (χ2n) is 8.28. The van der Waals surface area contributed by atoms with Gasteiger partial charge in [0.2, 0.25) is 0 Å². The Morgan fingerprint density at radius 1 is 1.10 bits per heavy atom. The molecule has 0 saturated carbocycles. The summed E-state index contributed by atoms with van der Waals surface area (Å²) in [5.41, 5.74) is 5.61. The van der Waals surface area contributed by atoms with Gasteiger partial charge in [0.1, 0.15) is 6.04 Å². The zero-order valence-electron chi connectivity index (χ0n) is 17.2. The van der Waals surface area contributed by atoms with Crippen LogP contribution in [0.15, 0.2) is 48.5 Å². The molecule has 0 aliphatic carbocycles. The number of amides is 3. The van der Waals surface area contributed by atoms with Crippen molar-refractivity contribution in [1.82, 2.24) is 14.4 Å². The molecular formula is C24H23N3O4. The van der Waals surface area contributed by atoms with E-state index >= 15 is 0 Å². The van der Waals surface area contributed by atoms with E-state index in [2.05, 4.69) is 47.9 Å². The molecule has 1 aromatic heterocycles. The fourth-order valence-electron chi connectivity index (χ4n) is 4.73. The molecule has 5 rings (SSSR count). The highest BCUT2D eigenvalue weighted by Gasteiger charge is 2.48. The second kappa shape index (κ2) is 7.27. The van der Waals surface area contributed by atoms with Crippen LogP contribution in [-0.2, 0) is 29.1 Å². The number of aliphatic carboxylic acids is 1. The summed E-state index contributed by atoms with van der Waals surface area (Å²) >= 11 is 0. The SMILES string of the molecule is Cc1ccc(Cn2c3c(c4ccccc42)C[C@H]2C(=O)N(CCC(=O)O)C(=O)N2C3)cc1. The van der Waals surface area contributed by atoms with E-state index in [1.807, 2.05) is 12.1 Å². The Kier molecular flexibility index (Phi) is 4.54. The molecule has 7 heteroatoms. The third-order valence-electron chi connectivity index (χ3n) is 6.33. The van der Waals surface area contributed by atoms with Gasteiger partial charge in [-0.3, -0.25) is 14.5 Å². The van der Waals surface area contributed by atoms with E-state index in [-0.39, 0.29) is 18.9 Å². The van der Waals surface area contributed by atoms with Crippen molar-refractivity contribution in [2.24, 2.45) is 0 Å². The van der Waals surface area contributed by atoms with E-state index in [9.17, 15) is 14.4 Å². The Bertz CT molecular complexity index is 1210. The minimum Gasteiger partial charge on any atom is -0.481 e. The van der Waals surface area contributed by atoms with Crippen molar-refractivity contribution in [3.05, 3.63) is 70.9 Å². The minimum atomic E-state index is -1.02. The van der Waals surface area contributed by atoms with Crippen LogP contribution >= 0.6 is 0 Å². The van der Waals surface area contributed by atoms with Gasteiger partial charge < -0.3 is 14.6 Å². The molecule has 3 aromatic rings. The monoisotopic (exact) mass is 417 g/mol. The smallest absolute Gasteiger partial charge is 0.327 e. The Morgan fingerprint density at radius 3 is 2.58 bits per heavy atom. The van der Waals surface area contributed by atoms with Gasteiger partial charge in [-0.05, 0) is 24.1 Å². The molecule has 0 spiro atoms. The number of benzene rings is 2. The van der Waals surface area contributed by atoms with Crippen molar-refractivity contribution in [2.75, 3.05) is 6.54 Å². The van der Waals surface area contributed by atoms with E-state index in [4.69, 9.17) is 5.11 Å². The quantitative estimate of drug-likeness (QED) is 0.647. The largest absolute Gasteiger partial charge is 0.481 e. The fourth-order valence-corrected chi connectivity index (χ4v) is 4.73. The van der Waals surface area contributed by atoms with E-state index in [1.165, 1.54) is 11.1 Å². The van der Waals surface area contributed by atoms with Crippen molar-refractivity contribution in [3.63, 3.8) is 0 Å². The van der Waals surface area contributed by atoms with Gasteiger partial charge in [0.25, 0.3) is 5.91 Å². The Balaban J connectivity index is 1.53. The van der Waals surface area contributed by atoms with E-state index in [0.29, 0.717) is 19.5 Å². The number of para-hydroxylation sites is 1. The summed E-state index contributed by atoms with van der Waals surface area (Å²) in [5, 5.41) is 10.1. The number of hydrogen-bond acceptors (Lipinski definition) is 3. The van der Waals surface area contributed by atoms with E-state index < -0.39 is 18.0 Å². The number of carbonyl (C=O) groups is 3. The number of carbonyl (C=O) groups excluding carboxylic acids is 2. The molecular weight excluding hydrogens is 394 g/mol. The lowest BCUT2D eigenvalue weighted by Gasteiger charge is -2.28. The van der Waals surface area contributed by atoms with Gasteiger partial charge in [-0.1, -0.05) is 48.0 Å². The van der Waals surface area contributed by atoms with Crippen LogP contribution in [0, 0.1) is 6.92 Å². The van der Waals surface area contributed by atoms with Gasteiger partial charge >= 0.3 is 12.0 Å². The average Bonchev–Trinajstić information content (AvgIpc) is 3.19. The summed E-state index contributed by atoms with van der Waals surface area (Å²) < 4.78 is 2.24. The minimum absolute atomic E-state index is 0.0890. The molecule has 0 radical (unpaired) electrons. The third-order valence-corrected chi connectivity index (χ3v) is 6.33. The maximum absolute atomic E-state index is 12.9. The van der Waals surface area contributed by atoms with Crippen LogP contribution in [0.5, 0.6) is 0 Å². The highest BCUT2D eigenvalue weighted by molar-refractivity contribution is 6.05. The molecule has 7 nitrogen and oxygen atoms in total. The predicted octanol–water partition coefficient (Wildman–Crippen LogP) is 3.16. The lowest BCUT2D eigenvalue weighted by molar-refractivity contribution is -0.137. The second-order valence-corrected chi connectivity index (χ2v) is 8.28. The van der Waals surface area contributed by atoms with Crippen LogP contribution in [0.25, 0.3) is 10.9 Å². The summed E-state index contributed by atoms with van der Waals surface area (Å²) in [5.74, 6) is -1.32. The molecule has 2 aliphatic heterocycles. The summed E-state index contributed by atoms with van der Waals surface area (Å²) in [6.07, 6.45) is 0.207. The molecule has 1 atom stereocenters. The van der Waals surface area contributed by atoms with Gasteiger partial charge in [0.15, 0.2) is 0 Å². The molecule has 3 heterocycles. The summed E-state index contributed by atoms with van der Waals surface area (Å²) in [6, 6.07) is 15.6. The number of aromatic nitrogens is 1. The number of fused-ring (bicyclic) bond motifs is 4. The molecule has 3 amide bonds. The summed E-state index contributed by atoms with van der Waals surface area (Å²) in [7, 11) is 0. The molecule has 0 unspecified atom stereocenters. The van der Waals surface area contributed by atoms with E-state index in [0.717, 1.165) is 27.1 Å². The van der Waals surface area contributed by atoms with Crippen molar-refractivity contribution in [2.45, 2.75) is 38.9 Å². The number of carboxylic acid groups (broad SMARTS) is 1. The molecule has 2 aliphatic rings. The Hall–Kier alpha value is -3.61.